The molecule has 2 aromatic heterocycles. The van der Waals surface area contributed by atoms with E-state index in [1.54, 1.807) is 12.0 Å². The molecule has 1 aromatic carbocycles. The van der Waals surface area contributed by atoms with Crippen LogP contribution in [-0.4, -0.2) is 77.1 Å². The number of ether oxygens (including phenoxy) is 2. The molecule has 164 valence electrons. The van der Waals surface area contributed by atoms with E-state index in [0.717, 1.165) is 80.4 Å². The van der Waals surface area contributed by atoms with E-state index in [-0.39, 0.29) is 5.91 Å². The Morgan fingerprint density at radius 3 is 2.97 bits per heavy atom. The molecule has 1 fully saturated rings. The van der Waals surface area contributed by atoms with E-state index >= 15 is 0 Å². The predicted molar refractivity (Wildman–Crippen MR) is 118 cm³/mol. The third-order valence-corrected chi connectivity index (χ3v) is 6.86. The van der Waals surface area contributed by atoms with Crippen molar-refractivity contribution >= 4 is 32.6 Å². The first-order valence-corrected chi connectivity index (χ1v) is 11.5. The summed E-state index contributed by atoms with van der Waals surface area (Å²) in [6.07, 6.45) is 2.73. The van der Waals surface area contributed by atoms with Crippen LogP contribution in [0.3, 0.4) is 0 Å². The van der Waals surface area contributed by atoms with Gasteiger partial charge in [-0.15, -0.1) is 10.2 Å². The lowest BCUT2D eigenvalue weighted by molar-refractivity contribution is 0.0376. The highest BCUT2D eigenvalue weighted by Crippen LogP contribution is 2.32. The van der Waals surface area contributed by atoms with Crippen molar-refractivity contribution in [2.24, 2.45) is 0 Å². The van der Waals surface area contributed by atoms with Crippen LogP contribution in [0.1, 0.15) is 29.3 Å². The number of hydrogen-bond acceptors (Lipinski definition) is 8. The summed E-state index contributed by atoms with van der Waals surface area (Å²) in [7, 11) is 1.65. The van der Waals surface area contributed by atoms with Crippen LogP contribution < -0.4 is 9.64 Å². The lowest BCUT2D eigenvalue weighted by Crippen LogP contribution is -2.39. The summed E-state index contributed by atoms with van der Waals surface area (Å²) in [6, 6.07) is 5.78. The fourth-order valence-corrected chi connectivity index (χ4v) is 5.14. The summed E-state index contributed by atoms with van der Waals surface area (Å²) in [5.74, 6) is 1.96. The zero-order valence-corrected chi connectivity index (χ0v) is 18.4. The molecule has 31 heavy (non-hydrogen) atoms. The lowest BCUT2D eigenvalue weighted by Gasteiger charge is -2.27. The first-order chi connectivity index (χ1) is 15.2. The van der Waals surface area contributed by atoms with E-state index in [0.29, 0.717) is 17.5 Å². The molecule has 2 aliphatic heterocycles. The van der Waals surface area contributed by atoms with Gasteiger partial charge in [-0.05, 0) is 31.0 Å². The van der Waals surface area contributed by atoms with E-state index in [1.165, 1.54) is 11.3 Å². The average Bonchev–Trinajstić information content (AvgIpc) is 3.52. The molecule has 0 unspecified atom stereocenters. The molecule has 10 heteroatoms. The van der Waals surface area contributed by atoms with Crippen molar-refractivity contribution in [3.8, 4) is 5.75 Å². The van der Waals surface area contributed by atoms with Gasteiger partial charge in [-0.3, -0.25) is 14.6 Å². The summed E-state index contributed by atoms with van der Waals surface area (Å²) in [5.41, 5.74) is 0.859. The maximum Gasteiger partial charge on any atom is 0.298 e. The Bertz CT molecular complexity index is 1070. The fourth-order valence-electron chi connectivity index (χ4n) is 4.13. The van der Waals surface area contributed by atoms with Crippen molar-refractivity contribution in [1.29, 1.82) is 0 Å². The van der Waals surface area contributed by atoms with Crippen LogP contribution >= 0.6 is 11.3 Å². The van der Waals surface area contributed by atoms with Gasteiger partial charge in [0, 0.05) is 39.1 Å². The first kappa shape index (κ1) is 20.3. The number of carbonyl (C=O) groups excluding carboxylic acids is 1. The number of morpholine rings is 1. The van der Waals surface area contributed by atoms with Gasteiger partial charge in [0.05, 0.1) is 30.5 Å². The standard InChI is InChI=1S/C21H26N6O3S/c1-29-15-5-6-16-17(14-15)31-21(22-16)27(9-3-7-25-10-12-30-13-11-25)20(28)19-24-23-18-4-2-8-26(18)19/h5-6,14H,2-4,7-13H2,1H3. The maximum atomic E-state index is 13.6. The lowest BCUT2D eigenvalue weighted by atomic mass is 10.3. The third-order valence-electron chi connectivity index (χ3n) is 5.82. The van der Waals surface area contributed by atoms with Crippen LogP contribution in [-0.2, 0) is 17.7 Å². The number of hydrogen-bond donors (Lipinski definition) is 0. The van der Waals surface area contributed by atoms with Crippen LogP contribution in [0.15, 0.2) is 18.2 Å². The molecule has 9 nitrogen and oxygen atoms in total. The molecular formula is C21H26N6O3S. The highest BCUT2D eigenvalue weighted by molar-refractivity contribution is 7.22. The van der Waals surface area contributed by atoms with Gasteiger partial charge in [-0.2, -0.15) is 0 Å². The van der Waals surface area contributed by atoms with E-state index in [9.17, 15) is 4.79 Å². The minimum Gasteiger partial charge on any atom is -0.497 e. The minimum atomic E-state index is -0.131. The Balaban J connectivity index is 1.41. The monoisotopic (exact) mass is 442 g/mol. The number of amides is 1. The number of benzene rings is 1. The second-order valence-corrected chi connectivity index (χ2v) is 8.80. The molecule has 0 aliphatic carbocycles. The largest absolute Gasteiger partial charge is 0.497 e. The Kier molecular flexibility index (Phi) is 5.84. The molecular weight excluding hydrogens is 416 g/mol. The average molecular weight is 443 g/mol. The van der Waals surface area contributed by atoms with E-state index in [2.05, 4.69) is 15.1 Å². The second kappa shape index (κ2) is 8.89. The number of fused-ring (bicyclic) bond motifs is 2. The highest BCUT2D eigenvalue weighted by Gasteiger charge is 2.29. The van der Waals surface area contributed by atoms with Crippen molar-refractivity contribution in [1.82, 2.24) is 24.6 Å². The Labute approximate surface area is 184 Å². The van der Waals surface area contributed by atoms with Crippen molar-refractivity contribution < 1.29 is 14.3 Å². The summed E-state index contributed by atoms with van der Waals surface area (Å²) in [4.78, 5) is 22.5. The molecule has 1 amide bonds. The van der Waals surface area contributed by atoms with E-state index in [4.69, 9.17) is 14.5 Å². The Morgan fingerprint density at radius 1 is 1.26 bits per heavy atom. The normalized spacial score (nSPS) is 16.5. The zero-order valence-electron chi connectivity index (χ0n) is 17.6. The van der Waals surface area contributed by atoms with Gasteiger partial charge in [0.15, 0.2) is 5.13 Å². The fraction of sp³-hybridized carbons (Fsp3) is 0.524. The maximum absolute atomic E-state index is 13.6. The second-order valence-electron chi connectivity index (χ2n) is 7.79. The van der Waals surface area contributed by atoms with Crippen molar-refractivity contribution in [3.63, 3.8) is 0 Å². The summed E-state index contributed by atoms with van der Waals surface area (Å²) < 4.78 is 13.7. The minimum absolute atomic E-state index is 0.131. The van der Waals surface area contributed by atoms with Crippen LogP contribution in [0.25, 0.3) is 10.2 Å². The highest BCUT2D eigenvalue weighted by atomic mass is 32.1. The number of thiazole rings is 1. The molecule has 0 radical (unpaired) electrons. The number of aromatic nitrogens is 4. The van der Waals surface area contributed by atoms with Crippen LogP contribution in [0.5, 0.6) is 5.75 Å². The molecule has 3 aromatic rings. The van der Waals surface area contributed by atoms with E-state index in [1.807, 2.05) is 22.8 Å². The zero-order chi connectivity index (χ0) is 21.2. The topological polar surface area (TPSA) is 85.6 Å². The van der Waals surface area contributed by atoms with Gasteiger partial charge >= 0.3 is 0 Å². The Hall–Kier alpha value is -2.56. The number of methoxy groups -OCH3 is 1. The van der Waals surface area contributed by atoms with Crippen molar-refractivity contribution in [3.05, 3.63) is 29.8 Å². The summed E-state index contributed by atoms with van der Waals surface area (Å²) in [6.45, 7) is 5.71. The first-order valence-electron chi connectivity index (χ1n) is 10.7. The van der Waals surface area contributed by atoms with Crippen molar-refractivity contribution in [2.45, 2.75) is 25.8 Å². The van der Waals surface area contributed by atoms with E-state index < -0.39 is 0 Å². The van der Waals surface area contributed by atoms with Crippen LogP contribution in [0.4, 0.5) is 5.13 Å². The number of carbonyl (C=O) groups is 1. The molecule has 5 rings (SSSR count). The summed E-state index contributed by atoms with van der Waals surface area (Å²) >= 11 is 1.50. The summed E-state index contributed by atoms with van der Waals surface area (Å²) in [5, 5.41) is 9.12. The molecule has 0 N–H and O–H groups in total. The number of anilines is 1. The number of nitrogens with zero attached hydrogens (tertiary/aromatic N) is 6. The van der Waals surface area contributed by atoms with Gasteiger partial charge in [0.2, 0.25) is 5.82 Å². The third kappa shape index (κ3) is 4.15. The number of aryl methyl sites for hydroxylation is 1. The molecule has 4 heterocycles. The molecule has 1 saturated heterocycles. The molecule has 2 aliphatic rings. The Morgan fingerprint density at radius 2 is 2.13 bits per heavy atom. The SMILES string of the molecule is COc1ccc2nc(N(CCCN3CCOCC3)C(=O)c3nnc4n3CCC4)sc2c1. The van der Waals surface area contributed by atoms with Crippen LogP contribution in [0, 0.1) is 0 Å². The van der Waals surface area contributed by atoms with Crippen molar-refractivity contribution in [2.75, 3.05) is 51.4 Å². The van der Waals surface area contributed by atoms with Gasteiger partial charge in [0.25, 0.3) is 5.91 Å². The molecule has 0 atom stereocenters. The smallest absolute Gasteiger partial charge is 0.298 e. The van der Waals surface area contributed by atoms with Crippen LogP contribution in [0.2, 0.25) is 0 Å². The van der Waals surface area contributed by atoms with Gasteiger partial charge in [-0.1, -0.05) is 11.3 Å². The quantitative estimate of drug-likeness (QED) is 0.555. The van der Waals surface area contributed by atoms with Gasteiger partial charge in [0.1, 0.15) is 11.6 Å². The molecule has 0 bridgehead atoms. The molecule has 0 spiro atoms. The number of rotatable bonds is 7. The predicted octanol–water partition coefficient (Wildman–Crippen LogP) is 2.21. The van der Waals surface area contributed by atoms with Gasteiger partial charge in [-0.25, -0.2) is 4.98 Å². The van der Waals surface area contributed by atoms with Gasteiger partial charge < -0.3 is 14.0 Å². The molecule has 0 saturated carbocycles.